The van der Waals surface area contributed by atoms with Crippen molar-refractivity contribution in [1.82, 2.24) is 15.1 Å². The first-order valence-electron chi connectivity index (χ1n) is 10.5. The minimum atomic E-state index is -0.318. The fraction of sp³-hybridized carbons (Fsp3) is 0.391. The van der Waals surface area contributed by atoms with Crippen LogP contribution in [0.1, 0.15) is 12.5 Å². The molecule has 0 aromatic heterocycles. The Bertz CT molecular complexity index is 865. The van der Waals surface area contributed by atoms with Crippen molar-refractivity contribution >= 4 is 17.5 Å². The Morgan fingerprint density at radius 2 is 1.68 bits per heavy atom. The van der Waals surface area contributed by atoms with E-state index in [0.29, 0.717) is 13.1 Å². The van der Waals surface area contributed by atoms with Crippen LogP contribution in [0.3, 0.4) is 0 Å². The van der Waals surface area contributed by atoms with Crippen LogP contribution in [0.25, 0.3) is 0 Å². The number of amides is 2. The Kier molecular flexibility index (Phi) is 7.83. The molecule has 0 atom stereocenters. The van der Waals surface area contributed by atoms with Crippen molar-refractivity contribution < 1.29 is 19.1 Å². The van der Waals surface area contributed by atoms with E-state index in [0.717, 1.165) is 37.4 Å². The molecule has 166 valence electrons. The first-order valence-corrected chi connectivity index (χ1v) is 10.5. The summed E-state index contributed by atoms with van der Waals surface area (Å²) in [4.78, 5) is 30.8. The number of nitrogens with one attached hydrogen (secondary N) is 1. The van der Waals surface area contributed by atoms with E-state index in [1.54, 1.807) is 29.2 Å². The summed E-state index contributed by atoms with van der Waals surface area (Å²) < 4.78 is 13.0. The van der Waals surface area contributed by atoms with Crippen LogP contribution in [0, 0.1) is 5.82 Å². The van der Waals surface area contributed by atoms with Gasteiger partial charge in [-0.15, -0.1) is 0 Å². The van der Waals surface area contributed by atoms with Crippen molar-refractivity contribution in [2.24, 2.45) is 0 Å². The zero-order valence-corrected chi connectivity index (χ0v) is 17.8. The van der Waals surface area contributed by atoms with E-state index < -0.39 is 0 Å². The third kappa shape index (κ3) is 6.68. The zero-order chi connectivity index (χ0) is 22.2. The first kappa shape index (κ1) is 22.6. The highest BCUT2D eigenvalue weighted by Crippen LogP contribution is 2.19. The van der Waals surface area contributed by atoms with Gasteiger partial charge in [-0.1, -0.05) is 12.1 Å². The normalized spacial score (nSPS) is 14.3. The Morgan fingerprint density at radius 1 is 1.03 bits per heavy atom. The number of phenols is 1. The summed E-state index contributed by atoms with van der Waals surface area (Å²) in [5, 5.41) is 12.2. The van der Waals surface area contributed by atoms with Crippen LogP contribution in [0.5, 0.6) is 5.75 Å². The average Bonchev–Trinajstić information content (AvgIpc) is 2.78. The van der Waals surface area contributed by atoms with Crippen LogP contribution in [0.4, 0.5) is 10.1 Å². The molecule has 1 aliphatic heterocycles. The molecule has 2 aromatic rings. The summed E-state index contributed by atoms with van der Waals surface area (Å²) in [5.74, 6) is -0.384. The molecule has 1 heterocycles. The van der Waals surface area contributed by atoms with E-state index in [4.69, 9.17) is 0 Å². The fourth-order valence-electron chi connectivity index (χ4n) is 3.53. The molecule has 2 amide bonds. The van der Waals surface area contributed by atoms with Crippen molar-refractivity contribution in [3.8, 4) is 5.75 Å². The molecule has 2 aromatic carbocycles. The molecular formula is C23H29FN4O3. The molecule has 0 saturated carbocycles. The lowest BCUT2D eigenvalue weighted by atomic mass is 10.2. The average molecular weight is 429 g/mol. The van der Waals surface area contributed by atoms with Crippen molar-refractivity contribution in [3.05, 3.63) is 59.9 Å². The molecular weight excluding hydrogens is 399 g/mol. The molecule has 0 bridgehead atoms. The maximum Gasteiger partial charge on any atom is 0.239 e. The second-order valence-corrected chi connectivity index (χ2v) is 7.59. The third-order valence-electron chi connectivity index (χ3n) is 5.42. The molecule has 1 aliphatic rings. The van der Waals surface area contributed by atoms with E-state index in [-0.39, 0.29) is 36.5 Å². The summed E-state index contributed by atoms with van der Waals surface area (Å²) in [6, 6.07) is 13.1. The highest BCUT2D eigenvalue weighted by Gasteiger charge is 2.22. The van der Waals surface area contributed by atoms with Gasteiger partial charge < -0.3 is 20.2 Å². The minimum absolute atomic E-state index is 0.00397. The number of halogens is 1. The maximum absolute atomic E-state index is 13.0. The topological polar surface area (TPSA) is 76.1 Å². The molecule has 0 radical (unpaired) electrons. The van der Waals surface area contributed by atoms with Crippen LogP contribution in [0.15, 0.2) is 48.5 Å². The van der Waals surface area contributed by atoms with Crippen LogP contribution in [-0.2, 0) is 16.1 Å². The summed E-state index contributed by atoms with van der Waals surface area (Å²) in [6.07, 6.45) is 0. The lowest BCUT2D eigenvalue weighted by molar-refractivity contribution is -0.136. The molecule has 1 saturated heterocycles. The summed E-state index contributed by atoms with van der Waals surface area (Å²) in [6.45, 7) is 5.98. The first-order chi connectivity index (χ1) is 14.9. The standard InChI is InChI=1S/C23H29FN4O3/c1-2-27(16-22(30)25-15-18-3-5-19(24)6-4-18)23(31)17-26-11-13-28(14-12-26)20-7-9-21(29)10-8-20/h3-10,29H,2,11-17H2,1H3,(H,25,30). The lowest BCUT2D eigenvalue weighted by Crippen LogP contribution is -2.51. The number of phenolic OH excluding ortho intramolecular Hbond substituents is 1. The van der Waals surface area contributed by atoms with Gasteiger partial charge in [0.1, 0.15) is 11.6 Å². The molecule has 2 N–H and O–H groups in total. The van der Waals surface area contributed by atoms with Crippen molar-refractivity contribution in [2.75, 3.05) is 50.7 Å². The molecule has 3 rings (SSSR count). The van der Waals surface area contributed by atoms with Crippen LogP contribution >= 0.6 is 0 Å². The number of benzene rings is 2. The second-order valence-electron chi connectivity index (χ2n) is 7.59. The van der Waals surface area contributed by atoms with Gasteiger partial charge in [0.15, 0.2) is 0 Å². The molecule has 31 heavy (non-hydrogen) atoms. The predicted octanol–water partition coefficient (Wildman–Crippen LogP) is 1.82. The quantitative estimate of drug-likeness (QED) is 0.671. The molecule has 0 spiro atoms. The van der Waals surface area contributed by atoms with Crippen molar-refractivity contribution in [2.45, 2.75) is 13.5 Å². The van der Waals surface area contributed by atoms with E-state index >= 15 is 0 Å². The zero-order valence-electron chi connectivity index (χ0n) is 17.8. The molecule has 0 aliphatic carbocycles. The number of rotatable bonds is 8. The fourth-order valence-corrected chi connectivity index (χ4v) is 3.53. The molecule has 0 unspecified atom stereocenters. The molecule has 7 nitrogen and oxygen atoms in total. The summed E-state index contributed by atoms with van der Waals surface area (Å²) in [5.41, 5.74) is 1.85. The number of carbonyl (C=O) groups is 2. The minimum Gasteiger partial charge on any atom is -0.508 e. The van der Waals surface area contributed by atoms with Crippen molar-refractivity contribution in [3.63, 3.8) is 0 Å². The van der Waals surface area contributed by atoms with Crippen LogP contribution in [-0.4, -0.2) is 72.5 Å². The number of hydrogen-bond acceptors (Lipinski definition) is 5. The van der Waals surface area contributed by atoms with E-state index in [2.05, 4.69) is 15.1 Å². The number of nitrogens with zero attached hydrogens (tertiary/aromatic N) is 3. The van der Waals surface area contributed by atoms with Crippen LogP contribution < -0.4 is 10.2 Å². The third-order valence-corrected chi connectivity index (χ3v) is 5.42. The Hall–Kier alpha value is -3.13. The molecule has 1 fully saturated rings. The van der Waals surface area contributed by atoms with Gasteiger partial charge in [0, 0.05) is 45.0 Å². The maximum atomic E-state index is 13.0. The van der Waals surface area contributed by atoms with E-state index in [1.165, 1.54) is 12.1 Å². The number of piperazine rings is 1. The van der Waals surface area contributed by atoms with Gasteiger partial charge in [-0.25, -0.2) is 4.39 Å². The second kappa shape index (κ2) is 10.8. The largest absolute Gasteiger partial charge is 0.508 e. The monoisotopic (exact) mass is 428 g/mol. The van der Waals surface area contributed by atoms with Gasteiger partial charge in [-0.3, -0.25) is 14.5 Å². The van der Waals surface area contributed by atoms with Gasteiger partial charge in [0.05, 0.1) is 13.1 Å². The van der Waals surface area contributed by atoms with Crippen molar-refractivity contribution in [1.29, 1.82) is 0 Å². The Morgan fingerprint density at radius 3 is 2.29 bits per heavy atom. The van der Waals surface area contributed by atoms with Gasteiger partial charge in [-0.2, -0.15) is 0 Å². The lowest BCUT2D eigenvalue weighted by Gasteiger charge is -2.36. The van der Waals surface area contributed by atoms with E-state index in [1.807, 2.05) is 19.1 Å². The Balaban J connectivity index is 1.42. The Labute approximate surface area is 182 Å². The molecule has 8 heteroatoms. The predicted molar refractivity (Wildman–Crippen MR) is 117 cm³/mol. The number of carbonyl (C=O) groups excluding carboxylic acids is 2. The van der Waals surface area contributed by atoms with Crippen LogP contribution in [0.2, 0.25) is 0 Å². The van der Waals surface area contributed by atoms with E-state index in [9.17, 15) is 19.1 Å². The SMILES string of the molecule is CCN(CC(=O)NCc1ccc(F)cc1)C(=O)CN1CCN(c2ccc(O)cc2)CC1. The summed E-state index contributed by atoms with van der Waals surface area (Å²) in [7, 11) is 0. The highest BCUT2D eigenvalue weighted by molar-refractivity contribution is 5.85. The van der Waals surface area contributed by atoms with Gasteiger partial charge in [0.25, 0.3) is 0 Å². The van der Waals surface area contributed by atoms with Gasteiger partial charge in [0.2, 0.25) is 11.8 Å². The smallest absolute Gasteiger partial charge is 0.239 e. The number of aromatic hydroxyl groups is 1. The number of likely N-dealkylation sites (N-methyl/N-ethyl adjacent to an activating group) is 1. The number of anilines is 1. The number of hydrogen-bond donors (Lipinski definition) is 2. The summed E-state index contributed by atoms with van der Waals surface area (Å²) >= 11 is 0. The van der Waals surface area contributed by atoms with Gasteiger partial charge in [-0.05, 0) is 48.9 Å². The van der Waals surface area contributed by atoms with Gasteiger partial charge >= 0.3 is 0 Å². The highest BCUT2D eigenvalue weighted by atomic mass is 19.1.